The van der Waals surface area contributed by atoms with E-state index in [4.69, 9.17) is 16.0 Å². The zero-order chi connectivity index (χ0) is 12.9. The van der Waals surface area contributed by atoms with Gasteiger partial charge in [0.1, 0.15) is 5.76 Å². The fraction of sp³-hybridized carbons (Fsp3) is 0.615. The summed E-state index contributed by atoms with van der Waals surface area (Å²) in [6, 6.07) is 3.54. The highest BCUT2D eigenvalue weighted by Gasteiger charge is 2.19. The molecule has 1 rings (SSSR count). The molecule has 0 fully saturated rings. The fourth-order valence-electron chi connectivity index (χ4n) is 1.44. The van der Waals surface area contributed by atoms with E-state index in [1.165, 1.54) is 0 Å². The summed E-state index contributed by atoms with van der Waals surface area (Å²) in [5.74, 6) is 1.65. The zero-order valence-corrected chi connectivity index (χ0v) is 11.4. The third-order valence-electron chi connectivity index (χ3n) is 2.73. The standard InChI is InChI=1S/C13H20ClNO2/c1-4-10-5-6-11(17-10)12(16)15-9-13(2,3)7-8-14/h5-6H,4,7-9H2,1-3H3,(H,15,16). The molecule has 0 bridgehead atoms. The number of halogens is 1. The van der Waals surface area contributed by atoms with E-state index in [-0.39, 0.29) is 11.3 Å². The summed E-state index contributed by atoms with van der Waals surface area (Å²) < 4.78 is 5.38. The van der Waals surface area contributed by atoms with Crippen molar-refractivity contribution in [2.75, 3.05) is 12.4 Å². The van der Waals surface area contributed by atoms with Crippen LogP contribution in [0.3, 0.4) is 0 Å². The van der Waals surface area contributed by atoms with Gasteiger partial charge in [-0.2, -0.15) is 0 Å². The predicted octanol–water partition coefficient (Wildman–Crippen LogP) is 3.23. The SMILES string of the molecule is CCc1ccc(C(=O)NCC(C)(C)CCCl)o1. The van der Waals surface area contributed by atoms with Gasteiger partial charge in [-0.3, -0.25) is 4.79 Å². The first-order chi connectivity index (χ1) is 7.98. The molecule has 0 saturated heterocycles. The Balaban J connectivity index is 2.49. The second kappa shape index (κ2) is 6.10. The van der Waals surface area contributed by atoms with Crippen molar-refractivity contribution in [1.29, 1.82) is 0 Å². The Labute approximate surface area is 108 Å². The number of alkyl halides is 1. The van der Waals surface area contributed by atoms with Crippen LogP contribution in [0.4, 0.5) is 0 Å². The van der Waals surface area contributed by atoms with Crippen molar-refractivity contribution in [2.24, 2.45) is 5.41 Å². The van der Waals surface area contributed by atoms with Crippen molar-refractivity contribution in [2.45, 2.75) is 33.6 Å². The average molecular weight is 258 g/mol. The Kier molecular flexibility index (Phi) is 5.06. The average Bonchev–Trinajstić information content (AvgIpc) is 2.74. The quantitative estimate of drug-likeness (QED) is 0.795. The van der Waals surface area contributed by atoms with Crippen molar-refractivity contribution in [3.05, 3.63) is 23.7 Å². The molecule has 0 aliphatic carbocycles. The summed E-state index contributed by atoms with van der Waals surface area (Å²) in [5.41, 5.74) is 0.0115. The van der Waals surface area contributed by atoms with E-state index >= 15 is 0 Å². The summed E-state index contributed by atoms with van der Waals surface area (Å²) in [6.07, 6.45) is 1.66. The highest BCUT2D eigenvalue weighted by Crippen LogP contribution is 2.19. The van der Waals surface area contributed by atoms with Crippen LogP contribution < -0.4 is 5.32 Å². The molecule has 96 valence electrons. The summed E-state index contributed by atoms with van der Waals surface area (Å²) in [5, 5.41) is 2.87. The first-order valence-corrected chi connectivity index (χ1v) is 6.45. The van der Waals surface area contributed by atoms with E-state index in [0.717, 1.165) is 18.6 Å². The topological polar surface area (TPSA) is 42.2 Å². The minimum atomic E-state index is -0.160. The molecular formula is C13H20ClNO2. The zero-order valence-electron chi connectivity index (χ0n) is 10.7. The fourth-order valence-corrected chi connectivity index (χ4v) is 1.95. The second-order valence-electron chi connectivity index (χ2n) is 4.91. The molecule has 1 aromatic rings. The van der Waals surface area contributed by atoms with Crippen molar-refractivity contribution in [3.63, 3.8) is 0 Å². The van der Waals surface area contributed by atoms with E-state index in [1.54, 1.807) is 6.07 Å². The summed E-state index contributed by atoms with van der Waals surface area (Å²) in [7, 11) is 0. The Morgan fingerprint density at radius 2 is 2.18 bits per heavy atom. The molecule has 0 atom stereocenters. The number of hydrogen-bond donors (Lipinski definition) is 1. The molecule has 1 heterocycles. The Bertz CT molecular complexity index is 371. The molecule has 1 amide bonds. The van der Waals surface area contributed by atoms with Crippen LogP contribution in [0.5, 0.6) is 0 Å². The molecule has 3 nitrogen and oxygen atoms in total. The van der Waals surface area contributed by atoms with Crippen molar-refractivity contribution in [3.8, 4) is 0 Å². The van der Waals surface area contributed by atoms with Gasteiger partial charge in [0, 0.05) is 18.8 Å². The van der Waals surface area contributed by atoms with Crippen LogP contribution in [0.15, 0.2) is 16.5 Å². The van der Waals surface area contributed by atoms with E-state index < -0.39 is 0 Å². The first-order valence-electron chi connectivity index (χ1n) is 5.91. The minimum absolute atomic E-state index is 0.0115. The normalized spacial score (nSPS) is 11.5. The molecule has 1 aromatic heterocycles. The second-order valence-corrected chi connectivity index (χ2v) is 5.28. The molecule has 4 heteroatoms. The van der Waals surface area contributed by atoms with Crippen molar-refractivity contribution in [1.82, 2.24) is 5.32 Å². The number of furan rings is 1. The monoisotopic (exact) mass is 257 g/mol. The van der Waals surface area contributed by atoms with Gasteiger partial charge in [-0.1, -0.05) is 20.8 Å². The Morgan fingerprint density at radius 1 is 1.47 bits per heavy atom. The van der Waals surface area contributed by atoms with Crippen LogP contribution in [0, 0.1) is 5.41 Å². The maximum Gasteiger partial charge on any atom is 0.287 e. The Hall–Kier alpha value is -0.960. The van der Waals surface area contributed by atoms with E-state index in [1.807, 2.05) is 13.0 Å². The number of carbonyl (C=O) groups excluding carboxylic acids is 1. The number of aryl methyl sites for hydroxylation is 1. The van der Waals surface area contributed by atoms with Crippen LogP contribution in [0.25, 0.3) is 0 Å². The van der Waals surface area contributed by atoms with Crippen LogP contribution >= 0.6 is 11.6 Å². The van der Waals surface area contributed by atoms with Gasteiger partial charge >= 0.3 is 0 Å². The lowest BCUT2D eigenvalue weighted by Gasteiger charge is -2.23. The van der Waals surface area contributed by atoms with Gasteiger partial charge in [-0.25, -0.2) is 0 Å². The lowest BCUT2D eigenvalue weighted by atomic mass is 9.90. The molecule has 0 saturated carbocycles. The molecule has 0 radical (unpaired) electrons. The van der Waals surface area contributed by atoms with Crippen LogP contribution in [-0.2, 0) is 6.42 Å². The largest absolute Gasteiger partial charge is 0.456 e. The molecule has 0 aliphatic rings. The number of hydrogen-bond acceptors (Lipinski definition) is 2. The van der Waals surface area contributed by atoms with Gasteiger partial charge in [0.2, 0.25) is 0 Å². The summed E-state index contributed by atoms with van der Waals surface area (Å²) in [4.78, 5) is 11.8. The number of nitrogens with one attached hydrogen (secondary N) is 1. The lowest BCUT2D eigenvalue weighted by molar-refractivity contribution is 0.0906. The van der Waals surface area contributed by atoms with Crippen LogP contribution in [-0.4, -0.2) is 18.3 Å². The molecule has 0 aromatic carbocycles. The lowest BCUT2D eigenvalue weighted by Crippen LogP contribution is -2.34. The van der Waals surface area contributed by atoms with E-state index in [9.17, 15) is 4.79 Å². The molecule has 0 aliphatic heterocycles. The maximum atomic E-state index is 11.8. The number of rotatable bonds is 6. The molecule has 0 unspecified atom stereocenters. The highest BCUT2D eigenvalue weighted by molar-refractivity contribution is 6.17. The summed E-state index contributed by atoms with van der Waals surface area (Å²) in [6.45, 7) is 6.75. The number of carbonyl (C=O) groups is 1. The maximum absolute atomic E-state index is 11.8. The molecular weight excluding hydrogens is 238 g/mol. The summed E-state index contributed by atoms with van der Waals surface area (Å²) >= 11 is 5.71. The third kappa shape index (κ3) is 4.43. The minimum Gasteiger partial charge on any atom is -0.456 e. The Morgan fingerprint density at radius 3 is 2.71 bits per heavy atom. The van der Waals surface area contributed by atoms with Crippen molar-refractivity contribution >= 4 is 17.5 Å². The predicted molar refractivity (Wildman–Crippen MR) is 69.5 cm³/mol. The number of amides is 1. The van der Waals surface area contributed by atoms with Gasteiger partial charge in [0.05, 0.1) is 0 Å². The van der Waals surface area contributed by atoms with Gasteiger partial charge in [0.15, 0.2) is 5.76 Å². The highest BCUT2D eigenvalue weighted by atomic mass is 35.5. The molecule has 0 spiro atoms. The van der Waals surface area contributed by atoms with E-state index in [2.05, 4.69) is 19.2 Å². The smallest absolute Gasteiger partial charge is 0.287 e. The van der Waals surface area contributed by atoms with Crippen molar-refractivity contribution < 1.29 is 9.21 Å². The molecule has 17 heavy (non-hydrogen) atoms. The van der Waals surface area contributed by atoms with Crippen LogP contribution in [0.1, 0.15) is 43.5 Å². The van der Waals surface area contributed by atoms with E-state index in [0.29, 0.717) is 18.2 Å². The molecule has 1 N–H and O–H groups in total. The van der Waals surface area contributed by atoms with Gasteiger partial charge in [-0.15, -0.1) is 11.6 Å². The first kappa shape index (κ1) is 14.1. The van der Waals surface area contributed by atoms with Gasteiger partial charge < -0.3 is 9.73 Å². The van der Waals surface area contributed by atoms with Crippen LogP contribution in [0.2, 0.25) is 0 Å². The third-order valence-corrected chi connectivity index (χ3v) is 2.92. The van der Waals surface area contributed by atoms with Gasteiger partial charge in [-0.05, 0) is 24.0 Å². The van der Waals surface area contributed by atoms with Gasteiger partial charge in [0.25, 0.3) is 5.91 Å².